The largest absolute Gasteiger partial charge is 0.393 e. The van der Waals surface area contributed by atoms with Crippen molar-refractivity contribution < 1.29 is 5.11 Å². The molecule has 1 aliphatic carbocycles. The molecule has 0 aromatic rings. The van der Waals surface area contributed by atoms with Crippen molar-refractivity contribution in [1.29, 1.82) is 0 Å². The maximum Gasteiger partial charge on any atom is 0.0546 e. The Morgan fingerprint density at radius 1 is 1.57 bits per heavy atom. The molecule has 0 spiro atoms. The van der Waals surface area contributed by atoms with Crippen LogP contribution in [0.2, 0.25) is 0 Å². The summed E-state index contributed by atoms with van der Waals surface area (Å²) in [5.41, 5.74) is 3.10. The summed E-state index contributed by atoms with van der Waals surface area (Å²) in [6, 6.07) is 0. The highest BCUT2D eigenvalue weighted by Crippen LogP contribution is 2.40. The summed E-state index contributed by atoms with van der Waals surface area (Å²) < 4.78 is 0. The summed E-state index contributed by atoms with van der Waals surface area (Å²) in [5, 5.41) is 9.28. The van der Waals surface area contributed by atoms with Gasteiger partial charge < -0.3 is 5.11 Å². The SMILES string of the molecule is CC1=CCCC(C)(C)/C1=C\C[C@@H](C)O. The van der Waals surface area contributed by atoms with E-state index in [0.717, 1.165) is 6.42 Å². The van der Waals surface area contributed by atoms with Gasteiger partial charge in [-0.05, 0) is 44.1 Å². The van der Waals surface area contributed by atoms with Crippen LogP contribution in [0.1, 0.15) is 47.0 Å². The third-order valence-electron chi connectivity index (χ3n) is 3.04. The molecule has 1 aliphatic rings. The molecule has 0 radical (unpaired) electrons. The van der Waals surface area contributed by atoms with Crippen LogP contribution in [-0.2, 0) is 0 Å². The summed E-state index contributed by atoms with van der Waals surface area (Å²) in [4.78, 5) is 0. The molecule has 1 N–H and O–H groups in total. The lowest BCUT2D eigenvalue weighted by Gasteiger charge is -2.32. The summed E-state index contributed by atoms with van der Waals surface area (Å²) in [7, 11) is 0. The Bertz CT molecular complexity index is 256. The van der Waals surface area contributed by atoms with Crippen LogP contribution in [0.3, 0.4) is 0 Å². The average Bonchev–Trinajstić information content (AvgIpc) is 2.01. The lowest BCUT2D eigenvalue weighted by atomic mass is 9.73. The Morgan fingerprint density at radius 3 is 2.71 bits per heavy atom. The average molecular weight is 194 g/mol. The van der Waals surface area contributed by atoms with Crippen LogP contribution >= 0.6 is 0 Å². The van der Waals surface area contributed by atoms with Gasteiger partial charge in [-0.3, -0.25) is 0 Å². The topological polar surface area (TPSA) is 20.2 Å². The first-order valence-corrected chi connectivity index (χ1v) is 5.49. The van der Waals surface area contributed by atoms with Crippen molar-refractivity contribution in [2.24, 2.45) is 5.41 Å². The van der Waals surface area contributed by atoms with Crippen LogP contribution in [-0.4, -0.2) is 11.2 Å². The smallest absolute Gasteiger partial charge is 0.0546 e. The summed E-state index contributed by atoms with van der Waals surface area (Å²) >= 11 is 0. The van der Waals surface area contributed by atoms with Gasteiger partial charge in [-0.25, -0.2) is 0 Å². The highest BCUT2D eigenvalue weighted by atomic mass is 16.3. The molecular formula is C13H22O. The van der Waals surface area contributed by atoms with Crippen molar-refractivity contribution in [2.75, 3.05) is 0 Å². The fourth-order valence-electron chi connectivity index (χ4n) is 2.15. The molecule has 0 aliphatic heterocycles. The molecule has 0 fully saturated rings. The Morgan fingerprint density at radius 2 is 2.21 bits per heavy atom. The Hall–Kier alpha value is -0.560. The van der Waals surface area contributed by atoms with Gasteiger partial charge in [0.1, 0.15) is 0 Å². The molecule has 0 bridgehead atoms. The fraction of sp³-hybridized carbons (Fsp3) is 0.692. The molecule has 14 heavy (non-hydrogen) atoms. The molecule has 0 saturated heterocycles. The molecule has 80 valence electrons. The molecular weight excluding hydrogens is 172 g/mol. The molecule has 0 unspecified atom stereocenters. The lowest BCUT2D eigenvalue weighted by molar-refractivity contribution is 0.197. The normalized spacial score (nSPS) is 26.1. The summed E-state index contributed by atoms with van der Waals surface area (Å²) in [5.74, 6) is 0. The van der Waals surface area contributed by atoms with E-state index in [1.165, 1.54) is 24.0 Å². The quantitative estimate of drug-likeness (QED) is 0.714. The van der Waals surface area contributed by atoms with Gasteiger partial charge in [0.05, 0.1) is 6.10 Å². The van der Waals surface area contributed by atoms with Crippen LogP contribution < -0.4 is 0 Å². The fourth-order valence-corrected chi connectivity index (χ4v) is 2.15. The van der Waals surface area contributed by atoms with Crippen molar-refractivity contribution in [2.45, 2.75) is 53.1 Å². The van der Waals surface area contributed by atoms with Gasteiger partial charge in [-0.2, -0.15) is 0 Å². The molecule has 0 aromatic carbocycles. The number of hydrogen-bond acceptors (Lipinski definition) is 1. The zero-order valence-corrected chi connectivity index (χ0v) is 9.80. The first-order valence-electron chi connectivity index (χ1n) is 5.49. The van der Waals surface area contributed by atoms with E-state index in [-0.39, 0.29) is 11.5 Å². The van der Waals surface area contributed by atoms with Crippen molar-refractivity contribution in [3.8, 4) is 0 Å². The van der Waals surface area contributed by atoms with Crippen molar-refractivity contribution in [3.63, 3.8) is 0 Å². The monoisotopic (exact) mass is 194 g/mol. The van der Waals surface area contributed by atoms with E-state index in [0.29, 0.717) is 0 Å². The standard InChI is InChI=1S/C13H22O/c1-10-6-5-9-13(3,4)12(10)8-7-11(2)14/h6,8,11,14H,5,7,9H2,1-4H3/b12-8-/t11-/m1/s1. The second kappa shape index (κ2) is 4.31. The van der Waals surface area contributed by atoms with Crippen molar-refractivity contribution in [3.05, 3.63) is 23.3 Å². The predicted molar refractivity (Wildman–Crippen MR) is 61.2 cm³/mol. The highest BCUT2D eigenvalue weighted by molar-refractivity contribution is 5.36. The van der Waals surface area contributed by atoms with Gasteiger partial charge in [-0.1, -0.05) is 31.6 Å². The zero-order chi connectivity index (χ0) is 10.8. The number of aliphatic hydroxyl groups is 1. The van der Waals surface area contributed by atoms with E-state index in [2.05, 4.69) is 32.9 Å². The van der Waals surface area contributed by atoms with Crippen LogP contribution in [0.15, 0.2) is 23.3 Å². The Balaban J connectivity index is 2.85. The number of allylic oxidation sites excluding steroid dienone is 3. The Labute approximate surface area is 87.5 Å². The van der Waals surface area contributed by atoms with Gasteiger partial charge in [0.2, 0.25) is 0 Å². The first-order chi connectivity index (χ1) is 6.43. The third-order valence-corrected chi connectivity index (χ3v) is 3.04. The van der Waals surface area contributed by atoms with E-state index >= 15 is 0 Å². The first kappa shape index (κ1) is 11.5. The minimum Gasteiger partial charge on any atom is -0.393 e. The molecule has 1 heteroatoms. The molecule has 1 nitrogen and oxygen atoms in total. The van der Waals surface area contributed by atoms with E-state index in [9.17, 15) is 5.11 Å². The van der Waals surface area contributed by atoms with Gasteiger partial charge in [0.25, 0.3) is 0 Å². The predicted octanol–water partition coefficient (Wildman–Crippen LogP) is 3.45. The van der Waals surface area contributed by atoms with Crippen LogP contribution in [0.5, 0.6) is 0 Å². The van der Waals surface area contributed by atoms with Gasteiger partial charge in [0.15, 0.2) is 0 Å². The minimum atomic E-state index is -0.229. The van der Waals surface area contributed by atoms with E-state index < -0.39 is 0 Å². The Kier molecular flexibility index (Phi) is 3.54. The second-order valence-corrected chi connectivity index (χ2v) is 5.01. The summed E-state index contributed by atoms with van der Waals surface area (Å²) in [6.45, 7) is 8.59. The molecule has 0 aromatic heterocycles. The minimum absolute atomic E-state index is 0.229. The second-order valence-electron chi connectivity index (χ2n) is 5.01. The number of aliphatic hydroxyl groups excluding tert-OH is 1. The van der Waals surface area contributed by atoms with Gasteiger partial charge >= 0.3 is 0 Å². The van der Waals surface area contributed by atoms with Gasteiger partial charge in [0, 0.05) is 0 Å². The van der Waals surface area contributed by atoms with Crippen molar-refractivity contribution in [1.82, 2.24) is 0 Å². The maximum absolute atomic E-state index is 9.28. The van der Waals surface area contributed by atoms with E-state index in [4.69, 9.17) is 0 Å². The number of rotatable bonds is 2. The molecule has 0 amide bonds. The van der Waals surface area contributed by atoms with E-state index in [1.807, 2.05) is 6.92 Å². The van der Waals surface area contributed by atoms with Crippen LogP contribution in [0.25, 0.3) is 0 Å². The van der Waals surface area contributed by atoms with Crippen molar-refractivity contribution >= 4 is 0 Å². The third kappa shape index (κ3) is 2.71. The molecule has 1 atom stereocenters. The van der Waals surface area contributed by atoms with Gasteiger partial charge in [-0.15, -0.1) is 0 Å². The van der Waals surface area contributed by atoms with E-state index in [1.54, 1.807) is 0 Å². The van der Waals surface area contributed by atoms with Crippen LogP contribution in [0, 0.1) is 5.41 Å². The number of hydrogen-bond donors (Lipinski definition) is 1. The highest BCUT2D eigenvalue weighted by Gasteiger charge is 2.26. The summed E-state index contributed by atoms with van der Waals surface area (Å²) in [6.07, 6.45) is 7.45. The lowest BCUT2D eigenvalue weighted by Crippen LogP contribution is -2.19. The molecule has 0 heterocycles. The maximum atomic E-state index is 9.28. The molecule has 0 saturated carbocycles. The molecule has 1 rings (SSSR count). The zero-order valence-electron chi connectivity index (χ0n) is 9.80. The van der Waals surface area contributed by atoms with Crippen LogP contribution in [0.4, 0.5) is 0 Å².